The van der Waals surface area contributed by atoms with Gasteiger partial charge in [-0.2, -0.15) is 0 Å². The number of fused-ring (bicyclic) bond motifs is 1. The maximum atomic E-state index is 14.3. The Morgan fingerprint density at radius 2 is 1.97 bits per heavy atom. The molecule has 0 radical (unpaired) electrons. The second kappa shape index (κ2) is 7.96. The third kappa shape index (κ3) is 4.04. The minimum atomic E-state index is -0.923. The topological polar surface area (TPSA) is 74.8 Å². The molecule has 0 spiro atoms. The van der Waals surface area contributed by atoms with Crippen molar-refractivity contribution < 1.29 is 13.6 Å². The first-order chi connectivity index (χ1) is 13.9. The van der Waals surface area contributed by atoms with E-state index >= 15 is 0 Å². The highest BCUT2D eigenvalue weighted by Gasteiger charge is 2.32. The summed E-state index contributed by atoms with van der Waals surface area (Å²) in [7, 11) is 0. The van der Waals surface area contributed by atoms with Crippen molar-refractivity contribution >= 4 is 35.1 Å². The van der Waals surface area contributed by atoms with Crippen molar-refractivity contribution in [3.05, 3.63) is 86.2 Å². The molecule has 1 aliphatic heterocycles. The lowest BCUT2D eigenvalue weighted by molar-refractivity contribution is -0.116. The highest BCUT2D eigenvalue weighted by Crippen LogP contribution is 2.36. The van der Waals surface area contributed by atoms with Gasteiger partial charge < -0.3 is 10.3 Å². The summed E-state index contributed by atoms with van der Waals surface area (Å²) in [5, 5.41) is 3.44. The molecule has 148 valence electrons. The summed E-state index contributed by atoms with van der Waals surface area (Å²) in [5.41, 5.74) is 0.412. The number of carbonyl (C=O) groups is 1. The Bertz CT molecular complexity index is 1170. The predicted octanol–water partition coefficient (Wildman–Crippen LogP) is 4.47. The summed E-state index contributed by atoms with van der Waals surface area (Å²) in [6.45, 7) is 0. The number of anilines is 1. The fourth-order valence-corrected chi connectivity index (χ4v) is 4.37. The smallest absolute Gasteiger partial charge is 0.257 e. The van der Waals surface area contributed by atoms with Crippen LogP contribution in [0.5, 0.6) is 0 Å². The molecule has 0 fully saturated rings. The summed E-state index contributed by atoms with van der Waals surface area (Å²) < 4.78 is 27.9. The van der Waals surface area contributed by atoms with Gasteiger partial charge in [0, 0.05) is 23.1 Å². The number of hydrogen-bond acceptors (Lipinski definition) is 4. The first-order valence-electron chi connectivity index (χ1n) is 8.67. The Morgan fingerprint density at radius 3 is 2.76 bits per heavy atom. The summed E-state index contributed by atoms with van der Waals surface area (Å²) in [6, 6.07) is 10.3. The number of aromatic amines is 1. The van der Waals surface area contributed by atoms with Gasteiger partial charge in [-0.25, -0.2) is 13.8 Å². The van der Waals surface area contributed by atoms with Gasteiger partial charge in [0.2, 0.25) is 5.91 Å². The molecule has 5 nitrogen and oxygen atoms in total. The van der Waals surface area contributed by atoms with E-state index in [-0.39, 0.29) is 28.5 Å². The number of thioether (sulfide) groups is 1. The van der Waals surface area contributed by atoms with Gasteiger partial charge in [-0.1, -0.05) is 41.6 Å². The van der Waals surface area contributed by atoms with Gasteiger partial charge in [-0.05, 0) is 35.4 Å². The SMILES string of the molecule is O=C1C[C@H](c2cc(F)ccc2F)c2c(nc(SCc3ccccc3Cl)[nH]c2=O)N1. The van der Waals surface area contributed by atoms with Gasteiger partial charge in [-0.3, -0.25) is 9.59 Å². The van der Waals surface area contributed by atoms with Crippen LogP contribution in [0.3, 0.4) is 0 Å². The molecule has 1 amide bonds. The van der Waals surface area contributed by atoms with Crippen molar-refractivity contribution in [2.75, 3.05) is 5.32 Å². The zero-order valence-electron chi connectivity index (χ0n) is 14.8. The van der Waals surface area contributed by atoms with E-state index in [0.29, 0.717) is 10.8 Å². The predicted molar refractivity (Wildman–Crippen MR) is 107 cm³/mol. The van der Waals surface area contributed by atoms with Crippen LogP contribution in [0.1, 0.15) is 29.0 Å². The van der Waals surface area contributed by atoms with Crippen LogP contribution in [0.15, 0.2) is 52.4 Å². The van der Waals surface area contributed by atoms with E-state index in [9.17, 15) is 18.4 Å². The van der Waals surface area contributed by atoms with Crippen molar-refractivity contribution in [1.82, 2.24) is 9.97 Å². The zero-order chi connectivity index (χ0) is 20.5. The minimum absolute atomic E-state index is 0.0510. The molecular weight excluding hydrogens is 420 g/mol. The molecule has 29 heavy (non-hydrogen) atoms. The molecule has 0 saturated heterocycles. The fraction of sp³-hybridized carbons (Fsp3) is 0.150. The molecule has 0 aliphatic carbocycles. The summed E-state index contributed by atoms with van der Waals surface area (Å²) in [5.74, 6) is -2.17. The Hall–Kier alpha value is -2.71. The molecule has 1 aromatic heterocycles. The molecule has 1 aliphatic rings. The van der Waals surface area contributed by atoms with Crippen molar-refractivity contribution in [3.8, 4) is 0 Å². The summed E-state index contributed by atoms with van der Waals surface area (Å²) in [6.07, 6.45) is -0.176. The lowest BCUT2D eigenvalue weighted by Gasteiger charge is -2.24. The Kier molecular flexibility index (Phi) is 5.38. The number of benzene rings is 2. The van der Waals surface area contributed by atoms with Gasteiger partial charge >= 0.3 is 0 Å². The van der Waals surface area contributed by atoms with Crippen LogP contribution < -0.4 is 10.9 Å². The number of carbonyl (C=O) groups excluding carboxylic acids is 1. The molecule has 2 heterocycles. The van der Waals surface area contributed by atoms with Gasteiger partial charge in [0.05, 0.1) is 5.56 Å². The number of rotatable bonds is 4. The van der Waals surface area contributed by atoms with E-state index in [2.05, 4.69) is 15.3 Å². The Labute approximate surface area is 173 Å². The first-order valence-corrected chi connectivity index (χ1v) is 10.0. The van der Waals surface area contributed by atoms with E-state index in [1.54, 1.807) is 6.07 Å². The van der Waals surface area contributed by atoms with Crippen LogP contribution in [-0.4, -0.2) is 15.9 Å². The lowest BCUT2D eigenvalue weighted by atomic mass is 9.86. The van der Waals surface area contributed by atoms with Gasteiger partial charge in [-0.15, -0.1) is 0 Å². The largest absolute Gasteiger partial charge is 0.310 e. The third-order valence-electron chi connectivity index (χ3n) is 4.59. The fourth-order valence-electron chi connectivity index (χ4n) is 3.23. The summed E-state index contributed by atoms with van der Waals surface area (Å²) >= 11 is 7.38. The van der Waals surface area contributed by atoms with Gasteiger partial charge in [0.15, 0.2) is 5.16 Å². The van der Waals surface area contributed by atoms with E-state index in [1.165, 1.54) is 11.8 Å². The normalized spacial score (nSPS) is 15.7. The van der Waals surface area contributed by atoms with Crippen LogP contribution >= 0.6 is 23.4 Å². The molecule has 1 atom stereocenters. The minimum Gasteiger partial charge on any atom is -0.310 e. The number of H-pyrrole nitrogens is 1. The van der Waals surface area contributed by atoms with E-state index < -0.39 is 29.0 Å². The summed E-state index contributed by atoms with van der Waals surface area (Å²) in [4.78, 5) is 31.9. The monoisotopic (exact) mass is 433 g/mol. The van der Waals surface area contributed by atoms with E-state index in [4.69, 9.17) is 11.6 Å². The molecule has 2 N–H and O–H groups in total. The van der Waals surface area contributed by atoms with Crippen molar-refractivity contribution in [2.45, 2.75) is 23.2 Å². The maximum Gasteiger partial charge on any atom is 0.257 e. The van der Waals surface area contributed by atoms with Crippen LogP contribution in [0.25, 0.3) is 0 Å². The second-order valence-electron chi connectivity index (χ2n) is 6.48. The Morgan fingerprint density at radius 1 is 1.17 bits per heavy atom. The number of hydrogen-bond donors (Lipinski definition) is 2. The number of aromatic nitrogens is 2. The van der Waals surface area contributed by atoms with Crippen molar-refractivity contribution in [3.63, 3.8) is 0 Å². The quantitative estimate of drug-likeness (QED) is 0.470. The molecule has 0 saturated carbocycles. The Balaban J connectivity index is 1.70. The third-order valence-corrected chi connectivity index (χ3v) is 5.88. The van der Waals surface area contributed by atoms with Crippen molar-refractivity contribution in [1.29, 1.82) is 0 Å². The number of halogens is 3. The van der Waals surface area contributed by atoms with E-state index in [1.807, 2.05) is 18.2 Å². The number of nitrogens with zero attached hydrogens (tertiary/aromatic N) is 1. The highest BCUT2D eigenvalue weighted by molar-refractivity contribution is 7.98. The molecular formula is C20H14ClF2N3O2S. The molecule has 0 bridgehead atoms. The number of nitrogens with one attached hydrogen (secondary N) is 2. The van der Waals surface area contributed by atoms with Crippen LogP contribution in [0.4, 0.5) is 14.6 Å². The second-order valence-corrected chi connectivity index (χ2v) is 7.86. The van der Waals surface area contributed by atoms with Crippen molar-refractivity contribution in [2.24, 2.45) is 0 Å². The molecule has 0 unspecified atom stereocenters. The average Bonchev–Trinajstić information content (AvgIpc) is 2.68. The zero-order valence-corrected chi connectivity index (χ0v) is 16.4. The van der Waals surface area contributed by atoms with Gasteiger partial charge in [0.1, 0.15) is 17.5 Å². The van der Waals surface area contributed by atoms with Crippen LogP contribution in [-0.2, 0) is 10.5 Å². The average molecular weight is 434 g/mol. The molecule has 2 aromatic carbocycles. The van der Waals surface area contributed by atoms with E-state index in [0.717, 1.165) is 23.8 Å². The maximum absolute atomic E-state index is 14.3. The number of amides is 1. The van der Waals surface area contributed by atoms with Crippen LogP contribution in [0, 0.1) is 11.6 Å². The van der Waals surface area contributed by atoms with Gasteiger partial charge in [0.25, 0.3) is 5.56 Å². The van der Waals surface area contributed by atoms with Crippen LogP contribution in [0.2, 0.25) is 5.02 Å². The highest BCUT2D eigenvalue weighted by atomic mass is 35.5. The molecule has 4 rings (SSSR count). The first kappa shape index (κ1) is 19.6. The molecule has 3 aromatic rings. The standard InChI is InChI=1S/C20H14ClF2N3O2S/c21-14-4-2-1-3-10(14)9-29-20-25-18-17(19(28)26-20)13(8-16(27)24-18)12-7-11(22)5-6-15(12)23/h1-7,13H,8-9H2,(H2,24,25,26,27,28)/t13-/m1/s1. The lowest BCUT2D eigenvalue weighted by Crippen LogP contribution is -2.31. The molecule has 9 heteroatoms.